The third-order valence-corrected chi connectivity index (χ3v) is 4.04. The van der Waals surface area contributed by atoms with Crippen molar-refractivity contribution in [1.82, 2.24) is 0 Å². The molecule has 0 bridgehead atoms. The Morgan fingerprint density at radius 1 is 1.32 bits per heavy atom. The van der Waals surface area contributed by atoms with Crippen molar-refractivity contribution in [2.45, 2.75) is 6.54 Å². The second-order valence-corrected chi connectivity index (χ2v) is 5.84. The van der Waals surface area contributed by atoms with E-state index in [4.69, 9.17) is 17.3 Å². The van der Waals surface area contributed by atoms with Crippen LogP contribution in [-0.4, -0.2) is 7.05 Å². The molecule has 2 nitrogen and oxygen atoms in total. The van der Waals surface area contributed by atoms with Gasteiger partial charge in [0.25, 0.3) is 0 Å². The fraction of sp³-hybridized carbons (Fsp3) is 0.143. The van der Waals surface area contributed by atoms with E-state index < -0.39 is 0 Å². The average molecular weight is 391 g/mol. The Morgan fingerprint density at radius 3 is 2.68 bits per heavy atom. The second kappa shape index (κ2) is 5.96. The monoisotopic (exact) mass is 390 g/mol. The molecule has 0 aliphatic heterocycles. The smallest absolute Gasteiger partial charge is 0.138 e. The highest BCUT2D eigenvalue weighted by Crippen LogP contribution is 2.28. The quantitative estimate of drug-likeness (QED) is 0.625. The highest BCUT2D eigenvalue weighted by atomic mass is 127. The Bertz CT molecular complexity index is 604. The van der Waals surface area contributed by atoms with E-state index in [1.54, 1.807) is 6.07 Å². The molecule has 0 amide bonds. The molecule has 0 atom stereocenters. The Balaban J connectivity index is 2.28. The molecular weight excluding hydrogens is 378 g/mol. The Morgan fingerprint density at radius 2 is 2.00 bits per heavy atom. The molecule has 2 aromatic rings. The van der Waals surface area contributed by atoms with E-state index in [1.807, 2.05) is 58.8 Å². The zero-order valence-corrected chi connectivity index (χ0v) is 13.2. The minimum Gasteiger partial charge on any atom is -0.397 e. The lowest BCUT2D eigenvalue weighted by molar-refractivity contribution is 0.620. The molecule has 0 radical (unpaired) electrons. The van der Waals surface area contributed by atoms with Crippen molar-refractivity contribution in [3.05, 3.63) is 56.4 Å². The molecule has 0 saturated carbocycles. The molecule has 0 heterocycles. The molecule has 0 aliphatic rings. The van der Waals surface area contributed by atoms with Gasteiger partial charge in [-0.1, -0.05) is 29.8 Å². The van der Waals surface area contributed by atoms with E-state index >= 15 is 0 Å². The van der Waals surface area contributed by atoms with E-state index in [0.717, 1.165) is 5.56 Å². The third kappa shape index (κ3) is 3.30. The summed E-state index contributed by atoms with van der Waals surface area (Å²) in [5.41, 5.74) is 8.13. The predicted octanol–water partition coefficient (Wildman–Crippen LogP) is 4.30. The molecule has 2 N–H and O–H groups in total. The average Bonchev–Trinajstić information content (AvgIpc) is 2.36. The Kier molecular flexibility index (Phi) is 4.52. The first-order valence-electron chi connectivity index (χ1n) is 5.68. The Labute approximate surface area is 130 Å². The number of nitrogen functional groups attached to an aromatic ring is 1. The van der Waals surface area contributed by atoms with Crippen molar-refractivity contribution in [3.63, 3.8) is 0 Å². The van der Waals surface area contributed by atoms with Gasteiger partial charge >= 0.3 is 0 Å². The number of nitrogens with two attached hydrogens (primary N) is 1. The van der Waals surface area contributed by atoms with Crippen LogP contribution in [-0.2, 0) is 6.54 Å². The summed E-state index contributed by atoms with van der Waals surface area (Å²) < 4.78 is 14.1. The lowest BCUT2D eigenvalue weighted by atomic mass is 10.2. The minimum absolute atomic E-state index is 0.268. The van der Waals surface area contributed by atoms with Crippen molar-refractivity contribution in [1.29, 1.82) is 0 Å². The van der Waals surface area contributed by atoms with Crippen molar-refractivity contribution >= 4 is 45.6 Å². The second-order valence-electron chi connectivity index (χ2n) is 4.27. The molecule has 0 aliphatic carbocycles. The van der Waals surface area contributed by atoms with Crippen LogP contribution in [0.1, 0.15) is 5.56 Å². The van der Waals surface area contributed by atoms with Crippen molar-refractivity contribution in [3.8, 4) is 0 Å². The van der Waals surface area contributed by atoms with E-state index in [1.165, 1.54) is 6.07 Å². The number of hydrogen-bond donors (Lipinski definition) is 1. The zero-order valence-electron chi connectivity index (χ0n) is 10.3. The number of rotatable bonds is 3. The van der Waals surface area contributed by atoms with Gasteiger partial charge in [-0.05, 0) is 40.3 Å². The van der Waals surface area contributed by atoms with Gasteiger partial charge in [0.1, 0.15) is 5.82 Å². The van der Waals surface area contributed by atoms with Crippen molar-refractivity contribution < 1.29 is 4.39 Å². The fourth-order valence-electron chi connectivity index (χ4n) is 1.85. The number of benzene rings is 2. The van der Waals surface area contributed by atoms with Gasteiger partial charge in [0.2, 0.25) is 0 Å². The van der Waals surface area contributed by atoms with Crippen LogP contribution in [0.3, 0.4) is 0 Å². The van der Waals surface area contributed by atoms with Crippen LogP contribution in [0, 0.1) is 9.39 Å². The molecule has 0 fully saturated rings. The zero-order chi connectivity index (χ0) is 14.0. The molecule has 0 spiro atoms. The maximum atomic E-state index is 13.6. The molecular formula is C14H13ClFIN2. The number of nitrogens with zero attached hydrogens (tertiary/aromatic N) is 1. The van der Waals surface area contributed by atoms with Crippen LogP contribution >= 0.6 is 34.2 Å². The van der Waals surface area contributed by atoms with E-state index in [2.05, 4.69) is 0 Å². The van der Waals surface area contributed by atoms with Crippen LogP contribution in [0.15, 0.2) is 36.4 Å². The summed E-state index contributed by atoms with van der Waals surface area (Å²) in [6.45, 7) is 0.573. The summed E-state index contributed by atoms with van der Waals surface area (Å²) in [5, 5.41) is 0.693. The number of hydrogen-bond acceptors (Lipinski definition) is 2. The minimum atomic E-state index is -0.268. The molecule has 2 aromatic carbocycles. The van der Waals surface area contributed by atoms with E-state index in [-0.39, 0.29) is 5.82 Å². The van der Waals surface area contributed by atoms with Gasteiger partial charge in [-0.3, -0.25) is 0 Å². The van der Waals surface area contributed by atoms with Crippen molar-refractivity contribution in [2.75, 3.05) is 17.7 Å². The van der Waals surface area contributed by atoms with Gasteiger partial charge in [-0.2, -0.15) is 0 Å². The standard InChI is InChI=1S/C14H13ClFIN2/c1-19(8-9-4-2-3-5-10(9)15)14-6-11(16)12(17)7-13(14)18/h2-7H,8,18H2,1H3. The van der Waals surface area contributed by atoms with Crippen LogP contribution < -0.4 is 10.6 Å². The Hall–Kier alpha value is -1.01. The summed E-state index contributed by atoms with van der Waals surface area (Å²) in [7, 11) is 1.86. The lowest BCUT2D eigenvalue weighted by Crippen LogP contribution is -2.18. The van der Waals surface area contributed by atoms with Gasteiger partial charge in [0.15, 0.2) is 0 Å². The normalized spacial score (nSPS) is 10.5. The van der Waals surface area contributed by atoms with Crippen LogP contribution in [0.25, 0.3) is 0 Å². The summed E-state index contributed by atoms with van der Waals surface area (Å²) in [5.74, 6) is -0.268. The van der Waals surface area contributed by atoms with Crippen LogP contribution in [0.5, 0.6) is 0 Å². The summed E-state index contributed by atoms with van der Waals surface area (Å²) in [4.78, 5) is 1.88. The molecule has 2 rings (SSSR count). The third-order valence-electron chi connectivity index (χ3n) is 2.85. The van der Waals surface area contributed by atoms with Crippen LogP contribution in [0.4, 0.5) is 15.8 Å². The fourth-order valence-corrected chi connectivity index (χ4v) is 2.54. The molecule has 5 heteroatoms. The summed E-state index contributed by atoms with van der Waals surface area (Å²) in [6.07, 6.45) is 0. The van der Waals surface area contributed by atoms with E-state index in [0.29, 0.717) is 26.5 Å². The summed E-state index contributed by atoms with van der Waals surface area (Å²) in [6, 6.07) is 10.7. The molecule has 19 heavy (non-hydrogen) atoms. The highest BCUT2D eigenvalue weighted by molar-refractivity contribution is 14.1. The first-order chi connectivity index (χ1) is 8.99. The largest absolute Gasteiger partial charge is 0.397 e. The maximum absolute atomic E-state index is 13.6. The number of anilines is 2. The summed E-state index contributed by atoms with van der Waals surface area (Å²) >= 11 is 8.04. The van der Waals surface area contributed by atoms with Crippen molar-refractivity contribution in [2.24, 2.45) is 0 Å². The molecule has 0 unspecified atom stereocenters. The molecule has 0 saturated heterocycles. The lowest BCUT2D eigenvalue weighted by Gasteiger charge is -2.22. The first-order valence-corrected chi connectivity index (χ1v) is 7.13. The molecule has 100 valence electrons. The SMILES string of the molecule is CN(Cc1ccccc1Cl)c1cc(F)c(I)cc1N. The first kappa shape index (κ1) is 14.4. The van der Waals surface area contributed by atoms with Gasteiger partial charge in [0.05, 0.1) is 14.9 Å². The van der Waals surface area contributed by atoms with Gasteiger partial charge in [-0.15, -0.1) is 0 Å². The highest BCUT2D eigenvalue weighted by Gasteiger charge is 2.11. The van der Waals surface area contributed by atoms with E-state index in [9.17, 15) is 4.39 Å². The maximum Gasteiger partial charge on any atom is 0.138 e. The topological polar surface area (TPSA) is 29.3 Å². The number of halogens is 3. The molecule has 0 aromatic heterocycles. The van der Waals surface area contributed by atoms with Crippen LogP contribution in [0.2, 0.25) is 5.02 Å². The predicted molar refractivity (Wildman–Crippen MR) is 87.1 cm³/mol. The van der Waals surface area contributed by atoms with Gasteiger partial charge < -0.3 is 10.6 Å². The van der Waals surface area contributed by atoms with Gasteiger partial charge in [0, 0.05) is 24.7 Å². The van der Waals surface area contributed by atoms with Gasteiger partial charge in [-0.25, -0.2) is 4.39 Å².